The fraction of sp³-hybridized carbons (Fsp3) is 0.500. The smallest absolute Gasteiger partial charge is 0.142 e. The van der Waals surface area contributed by atoms with Gasteiger partial charge in [-0.05, 0) is 44.9 Å². The standard InChI is InChI=1S/C16H21N3OS/c1-12(20)9-13-5-4-8-19(13)11-14-10-18-16(21-14)15-6-2-3-7-17-15/h2-3,6-7,10,12-13,20H,4-5,8-9,11H2,1H3. The summed E-state index contributed by atoms with van der Waals surface area (Å²) in [6, 6.07) is 6.41. The number of aliphatic hydroxyl groups excluding tert-OH is 1. The van der Waals surface area contributed by atoms with Crippen molar-refractivity contribution >= 4 is 11.3 Å². The third-order valence-corrected chi connectivity index (χ3v) is 4.91. The molecular weight excluding hydrogens is 282 g/mol. The summed E-state index contributed by atoms with van der Waals surface area (Å²) in [7, 11) is 0. The molecule has 3 heterocycles. The van der Waals surface area contributed by atoms with Gasteiger partial charge in [-0.2, -0.15) is 0 Å². The minimum absolute atomic E-state index is 0.221. The van der Waals surface area contributed by atoms with Crippen LogP contribution in [0.3, 0.4) is 0 Å². The predicted molar refractivity (Wildman–Crippen MR) is 85.1 cm³/mol. The quantitative estimate of drug-likeness (QED) is 0.922. The Labute approximate surface area is 129 Å². The molecule has 2 aromatic rings. The van der Waals surface area contributed by atoms with Crippen molar-refractivity contribution in [3.8, 4) is 10.7 Å². The lowest BCUT2D eigenvalue weighted by atomic mass is 10.1. The van der Waals surface area contributed by atoms with Gasteiger partial charge in [-0.3, -0.25) is 9.88 Å². The zero-order valence-electron chi connectivity index (χ0n) is 12.3. The summed E-state index contributed by atoms with van der Waals surface area (Å²) >= 11 is 1.72. The van der Waals surface area contributed by atoms with Gasteiger partial charge < -0.3 is 5.11 Å². The van der Waals surface area contributed by atoms with Gasteiger partial charge >= 0.3 is 0 Å². The average molecular weight is 303 g/mol. The summed E-state index contributed by atoms with van der Waals surface area (Å²) < 4.78 is 0. The van der Waals surface area contributed by atoms with Gasteiger partial charge in [0.15, 0.2) is 0 Å². The van der Waals surface area contributed by atoms with Crippen molar-refractivity contribution in [1.82, 2.24) is 14.9 Å². The van der Waals surface area contributed by atoms with Crippen molar-refractivity contribution < 1.29 is 5.11 Å². The highest BCUT2D eigenvalue weighted by molar-refractivity contribution is 7.14. The lowest BCUT2D eigenvalue weighted by molar-refractivity contribution is 0.131. The van der Waals surface area contributed by atoms with E-state index >= 15 is 0 Å². The van der Waals surface area contributed by atoms with E-state index in [0.717, 1.165) is 30.2 Å². The number of likely N-dealkylation sites (tertiary alicyclic amines) is 1. The van der Waals surface area contributed by atoms with E-state index in [1.165, 1.54) is 17.7 Å². The zero-order valence-corrected chi connectivity index (χ0v) is 13.1. The Morgan fingerprint density at radius 3 is 3.10 bits per heavy atom. The number of nitrogens with zero attached hydrogens (tertiary/aromatic N) is 3. The molecule has 1 aliphatic rings. The van der Waals surface area contributed by atoms with Gasteiger partial charge in [0.1, 0.15) is 5.01 Å². The van der Waals surface area contributed by atoms with Crippen LogP contribution in [-0.4, -0.2) is 38.7 Å². The highest BCUT2D eigenvalue weighted by atomic mass is 32.1. The second-order valence-corrected chi connectivity index (χ2v) is 6.81. The number of aliphatic hydroxyl groups is 1. The third kappa shape index (κ3) is 3.67. The topological polar surface area (TPSA) is 49.2 Å². The fourth-order valence-electron chi connectivity index (χ4n) is 2.95. The molecule has 2 atom stereocenters. The average Bonchev–Trinajstić information content (AvgIpc) is 3.10. The normalized spacial score (nSPS) is 20.8. The van der Waals surface area contributed by atoms with Crippen LogP contribution < -0.4 is 0 Å². The molecule has 0 aromatic carbocycles. The van der Waals surface area contributed by atoms with Crippen molar-refractivity contribution in [2.45, 2.75) is 44.9 Å². The molecule has 0 bridgehead atoms. The first-order valence-electron chi connectivity index (χ1n) is 7.50. The van der Waals surface area contributed by atoms with Crippen LogP contribution in [0.5, 0.6) is 0 Å². The SMILES string of the molecule is CC(O)CC1CCCN1Cc1cnc(-c2ccccn2)s1. The predicted octanol–water partition coefficient (Wildman–Crippen LogP) is 2.94. The molecule has 0 spiro atoms. The molecule has 112 valence electrons. The molecule has 2 aromatic heterocycles. The van der Waals surface area contributed by atoms with Crippen LogP contribution >= 0.6 is 11.3 Å². The van der Waals surface area contributed by atoms with Crippen LogP contribution in [0.1, 0.15) is 31.1 Å². The summed E-state index contributed by atoms with van der Waals surface area (Å²) in [5.41, 5.74) is 0.940. The maximum absolute atomic E-state index is 9.60. The van der Waals surface area contributed by atoms with Crippen molar-refractivity contribution in [1.29, 1.82) is 0 Å². The Morgan fingerprint density at radius 2 is 2.33 bits per heavy atom. The third-order valence-electron chi connectivity index (χ3n) is 3.91. The molecular formula is C16H21N3OS. The molecule has 1 N–H and O–H groups in total. The van der Waals surface area contributed by atoms with E-state index in [1.54, 1.807) is 17.5 Å². The van der Waals surface area contributed by atoms with E-state index in [2.05, 4.69) is 14.9 Å². The summed E-state index contributed by atoms with van der Waals surface area (Å²) in [5, 5.41) is 10.6. The molecule has 21 heavy (non-hydrogen) atoms. The Bertz CT molecular complexity index is 570. The van der Waals surface area contributed by atoms with Crippen LogP contribution in [0, 0.1) is 0 Å². The van der Waals surface area contributed by atoms with Crippen molar-refractivity contribution in [2.24, 2.45) is 0 Å². The van der Waals surface area contributed by atoms with Crippen LogP contribution in [0.4, 0.5) is 0 Å². The van der Waals surface area contributed by atoms with Gasteiger partial charge in [-0.1, -0.05) is 6.07 Å². The summed E-state index contributed by atoms with van der Waals surface area (Å²) in [6.45, 7) is 3.93. The molecule has 5 heteroatoms. The molecule has 1 fully saturated rings. The Hall–Kier alpha value is -1.30. The minimum Gasteiger partial charge on any atom is -0.393 e. The molecule has 0 radical (unpaired) electrons. The van der Waals surface area contributed by atoms with Gasteiger partial charge in [0, 0.05) is 29.9 Å². The van der Waals surface area contributed by atoms with Gasteiger partial charge in [-0.15, -0.1) is 11.3 Å². The summed E-state index contributed by atoms with van der Waals surface area (Å²) in [6.07, 6.45) is 6.83. The fourth-order valence-corrected chi connectivity index (χ4v) is 3.87. The van der Waals surface area contributed by atoms with E-state index in [-0.39, 0.29) is 6.10 Å². The molecule has 0 aliphatic carbocycles. The lowest BCUT2D eigenvalue weighted by Gasteiger charge is -2.24. The van der Waals surface area contributed by atoms with Crippen LogP contribution in [0.2, 0.25) is 0 Å². The number of aromatic nitrogens is 2. The maximum Gasteiger partial charge on any atom is 0.142 e. The molecule has 0 saturated carbocycles. The van der Waals surface area contributed by atoms with Gasteiger partial charge in [-0.25, -0.2) is 4.98 Å². The van der Waals surface area contributed by atoms with Crippen molar-refractivity contribution in [2.75, 3.05) is 6.54 Å². The monoisotopic (exact) mass is 303 g/mol. The number of rotatable bonds is 5. The number of pyridine rings is 1. The molecule has 4 nitrogen and oxygen atoms in total. The lowest BCUT2D eigenvalue weighted by Crippen LogP contribution is -2.31. The van der Waals surface area contributed by atoms with Crippen LogP contribution in [0.25, 0.3) is 10.7 Å². The van der Waals surface area contributed by atoms with Gasteiger partial charge in [0.05, 0.1) is 11.8 Å². The molecule has 1 aliphatic heterocycles. The van der Waals surface area contributed by atoms with Crippen molar-refractivity contribution in [3.63, 3.8) is 0 Å². The highest BCUT2D eigenvalue weighted by Crippen LogP contribution is 2.28. The van der Waals surface area contributed by atoms with Crippen molar-refractivity contribution in [3.05, 3.63) is 35.5 Å². The second kappa shape index (κ2) is 6.64. The largest absolute Gasteiger partial charge is 0.393 e. The Morgan fingerprint density at radius 1 is 1.43 bits per heavy atom. The zero-order chi connectivity index (χ0) is 14.7. The van der Waals surface area contributed by atoms with E-state index in [4.69, 9.17) is 0 Å². The van der Waals surface area contributed by atoms with E-state index in [9.17, 15) is 5.11 Å². The van der Waals surface area contributed by atoms with E-state index < -0.39 is 0 Å². The summed E-state index contributed by atoms with van der Waals surface area (Å²) in [5.74, 6) is 0. The summed E-state index contributed by atoms with van der Waals surface area (Å²) in [4.78, 5) is 12.6. The number of hydrogen-bond donors (Lipinski definition) is 1. The number of thiazole rings is 1. The van der Waals surface area contributed by atoms with Crippen LogP contribution in [0.15, 0.2) is 30.6 Å². The molecule has 2 unspecified atom stereocenters. The molecule has 3 rings (SSSR count). The van der Waals surface area contributed by atoms with E-state index in [0.29, 0.717) is 6.04 Å². The first-order chi connectivity index (χ1) is 10.2. The Kier molecular flexibility index (Phi) is 4.63. The maximum atomic E-state index is 9.60. The highest BCUT2D eigenvalue weighted by Gasteiger charge is 2.26. The van der Waals surface area contributed by atoms with E-state index in [1.807, 2.05) is 31.3 Å². The van der Waals surface area contributed by atoms with Gasteiger partial charge in [0.25, 0.3) is 0 Å². The van der Waals surface area contributed by atoms with Gasteiger partial charge in [0.2, 0.25) is 0 Å². The minimum atomic E-state index is -0.221. The number of hydrogen-bond acceptors (Lipinski definition) is 5. The Balaban J connectivity index is 1.67. The second-order valence-electron chi connectivity index (χ2n) is 5.70. The molecule has 0 amide bonds. The first-order valence-corrected chi connectivity index (χ1v) is 8.32. The molecule has 1 saturated heterocycles. The van der Waals surface area contributed by atoms with Crippen LogP contribution in [-0.2, 0) is 6.54 Å². The first kappa shape index (κ1) is 14.6.